The van der Waals surface area contributed by atoms with Gasteiger partial charge in [-0.2, -0.15) is 5.10 Å². The molecular weight excluding hydrogens is 312 g/mol. The monoisotopic (exact) mass is 338 g/mol. The van der Waals surface area contributed by atoms with Crippen LogP contribution >= 0.6 is 0 Å². The number of amides is 1. The number of nitrogens with one attached hydrogen (secondary N) is 1. The van der Waals surface area contributed by atoms with E-state index >= 15 is 0 Å². The highest BCUT2D eigenvalue weighted by atomic mass is 16.1. The molecule has 1 fully saturated rings. The Bertz CT molecular complexity index is 765. The summed E-state index contributed by atoms with van der Waals surface area (Å²) in [5, 5.41) is 7.33. The molecule has 2 aromatic rings. The number of carbonyl (C=O) groups excluding carboxylic acids is 1. The average Bonchev–Trinajstić information content (AvgIpc) is 3.25. The third kappa shape index (κ3) is 4.17. The van der Waals surface area contributed by atoms with Crippen molar-refractivity contribution in [1.82, 2.24) is 20.0 Å². The minimum atomic E-state index is 0.0342. The molecule has 1 aromatic heterocycles. The quantitative estimate of drug-likeness (QED) is 0.881. The number of hydrogen-bond acceptors (Lipinski definition) is 3. The van der Waals surface area contributed by atoms with Crippen LogP contribution in [0.5, 0.6) is 0 Å². The highest BCUT2D eigenvalue weighted by Crippen LogP contribution is 2.18. The second-order valence-electron chi connectivity index (χ2n) is 6.86. The first kappa shape index (κ1) is 17.4. The minimum absolute atomic E-state index is 0.0342. The number of aryl methyl sites for hydroxylation is 1. The number of nitrogens with zero attached hydrogens (tertiary/aromatic N) is 3. The van der Waals surface area contributed by atoms with Gasteiger partial charge in [0, 0.05) is 43.2 Å². The third-order valence-corrected chi connectivity index (χ3v) is 5.02. The van der Waals surface area contributed by atoms with Crippen LogP contribution in [-0.4, -0.2) is 40.2 Å². The van der Waals surface area contributed by atoms with Crippen molar-refractivity contribution in [2.24, 2.45) is 5.92 Å². The number of likely N-dealkylation sites (tertiary alicyclic amines) is 1. The Morgan fingerprint density at radius 2 is 2.28 bits per heavy atom. The third-order valence-electron chi connectivity index (χ3n) is 5.02. The summed E-state index contributed by atoms with van der Waals surface area (Å²) in [7, 11) is 0. The van der Waals surface area contributed by atoms with E-state index in [9.17, 15) is 4.79 Å². The van der Waals surface area contributed by atoms with Crippen LogP contribution < -0.4 is 5.32 Å². The Labute approximate surface area is 149 Å². The molecule has 1 amide bonds. The second-order valence-corrected chi connectivity index (χ2v) is 6.86. The fraction of sp³-hybridized carbons (Fsp3) is 0.400. The van der Waals surface area contributed by atoms with Crippen LogP contribution in [0.1, 0.15) is 33.5 Å². The summed E-state index contributed by atoms with van der Waals surface area (Å²) in [6.45, 7) is 11.4. The predicted molar refractivity (Wildman–Crippen MR) is 100 cm³/mol. The molecule has 1 N–H and O–H groups in total. The van der Waals surface area contributed by atoms with E-state index in [2.05, 4.69) is 21.9 Å². The highest BCUT2D eigenvalue weighted by Gasteiger charge is 2.23. The molecule has 0 bridgehead atoms. The zero-order chi connectivity index (χ0) is 17.8. The molecule has 1 aliphatic rings. The standard InChI is InChI=1S/C20H26N4O/c1-4-24-14-18(11-22-24)13-23-9-8-17(12-23)10-21-20(25)19-7-5-6-15(2)16(19)3/h4-7,11,14,17H,1,8-10,12-13H2,2-3H3,(H,21,25)/t17-/m1/s1. The molecule has 1 aliphatic heterocycles. The van der Waals surface area contributed by atoms with Gasteiger partial charge in [0.2, 0.25) is 0 Å². The van der Waals surface area contributed by atoms with Crippen LogP contribution in [-0.2, 0) is 6.54 Å². The number of aromatic nitrogens is 2. The van der Waals surface area contributed by atoms with E-state index in [0.717, 1.165) is 49.3 Å². The van der Waals surface area contributed by atoms with Crippen molar-refractivity contribution in [1.29, 1.82) is 0 Å². The van der Waals surface area contributed by atoms with Gasteiger partial charge in [0.25, 0.3) is 5.91 Å². The van der Waals surface area contributed by atoms with Gasteiger partial charge in [-0.1, -0.05) is 18.7 Å². The SMILES string of the molecule is C=Cn1cc(CN2CC[C@H](CNC(=O)c3cccc(C)c3C)C2)cn1. The van der Waals surface area contributed by atoms with Gasteiger partial charge in [0.1, 0.15) is 0 Å². The van der Waals surface area contributed by atoms with Crippen molar-refractivity contribution < 1.29 is 4.79 Å². The molecule has 1 atom stereocenters. The predicted octanol–water partition coefficient (Wildman–Crippen LogP) is 2.85. The molecule has 3 rings (SSSR count). The summed E-state index contributed by atoms with van der Waals surface area (Å²) in [5.41, 5.74) is 4.19. The largest absolute Gasteiger partial charge is 0.352 e. The first-order valence-electron chi connectivity index (χ1n) is 8.79. The molecule has 5 heteroatoms. The van der Waals surface area contributed by atoms with E-state index in [1.807, 2.05) is 44.4 Å². The van der Waals surface area contributed by atoms with E-state index in [1.165, 1.54) is 5.56 Å². The van der Waals surface area contributed by atoms with Crippen molar-refractivity contribution in [2.75, 3.05) is 19.6 Å². The normalized spacial score (nSPS) is 17.6. The van der Waals surface area contributed by atoms with E-state index in [0.29, 0.717) is 5.92 Å². The zero-order valence-electron chi connectivity index (χ0n) is 15.0. The van der Waals surface area contributed by atoms with Gasteiger partial charge in [-0.25, -0.2) is 4.68 Å². The molecule has 1 saturated heterocycles. The molecule has 2 heterocycles. The Hall–Kier alpha value is -2.40. The van der Waals surface area contributed by atoms with Gasteiger partial charge >= 0.3 is 0 Å². The first-order valence-corrected chi connectivity index (χ1v) is 8.79. The van der Waals surface area contributed by atoms with Crippen LogP contribution in [0.25, 0.3) is 6.20 Å². The zero-order valence-corrected chi connectivity index (χ0v) is 15.0. The van der Waals surface area contributed by atoms with Crippen LogP contribution in [0.2, 0.25) is 0 Å². The fourth-order valence-electron chi connectivity index (χ4n) is 3.37. The number of benzene rings is 1. The number of hydrogen-bond donors (Lipinski definition) is 1. The lowest BCUT2D eigenvalue weighted by atomic mass is 10.0. The van der Waals surface area contributed by atoms with Gasteiger partial charge in [-0.05, 0) is 49.9 Å². The lowest BCUT2D eigenvalue weighted by Crippen LogP contribution is -2.31. The average molecular weight is 338 g/mol. The number of carbonyl (C=O) groups is 1. The Balaban J connectivity index is 1.49. The van der Waals surface area contributed by atoms with Gasteiger partial charge in [-0.3, -0.25) is 9.69 Å². The van der Waals surface area contributed by atoms with Crippen LogP contribution in [0.15, 0.2) is 37.2 Å². The summed E-state index contributed by atoms with van der Waals surface area (Å²) < 4.78 is 1.73. The van der Waals surface area contributed by atoms with Gasteiger partial charge in [0.05, 0.1) is 6.20 Å². The molecule has 5 nitrogen and oxygen atoms in total. The van der Waals surface area contributed by atoms with Crippen molar-refractivity contribution >= 4 is 12.1 Å². The topological polar surface area (TPSA) is 50.2 Å². The van der Waals surface area contributed by atoms with Gasteiger partial charge < -0.3 is 5.32 Å². The summed E-state index contributed by atoms with van der Waals surface area (Å²) in [4.78, 5) is 14.9. The maximum absolute atomic E-state index is 12.4. The lowest BCUT2D eigenvalue weighted by molar-refractivity contribution is 0.0946. The van der Waals surface area contributed by atoms with Gasteiger partial charge in [0.15, 0.2) is 0 Å². The van der Waals surface area contributed by atoms with Gasteiger partial charge in [-0.15, -0.1) is 0 Å². The molecule has 25 heavy (non-hydrogen) atoms. The summed E-state index contributed by atoms with van der Waals surface area (Å²) in [6.07, 6.45) is 6.70. The minimum Gasteiger partial charge on any atom is -0.352 e. The maximum Gasteiger partial charge on any atom is 0.251 e. The summed E-state index contributed by atoms with van der Waals surface area (Å²) in [5.74, 6) is 0.537. The molecule has 0 aliphatic carbocycles. The highest BCUT2D eigenvalue weighted by molar-refractivity contribution is 5.95. The molecule has 0 spiro atoms. The van der Waals surface area contributed by atoms with Crippen molar-refractivity contribution in [3.63, 3.8) is 0 Å². The van der Waals surface area contributed by atoms with Crippen LogP contribution in [0.4, 0.5) is 0 Å². The van der Waals surface area contributed by atoms with Crippen molar-refractivity contribution in [3.05, 3.63) is 59.4 Å². The first-order chi connectivity index (χ1) is 12.1. The smallest absolute Gasteiger partial charge is 0.251 e. The molecule has 132 valence electrons. The van der Waals surface area contributed by atoms with E-state index in [1.54, 1.807) is 10.9 Å². The summed E-state index contributed by atoms with van der Waals surface area (Å²) in [6, 6.07) is 5.88. The molecule has 0 unspecified atom stereocenters. The van der Waals surface area contributed by atoms with Crippen LogP contribution in [0.3, 0.4) is 0 Å². The van der Waals surface area contributed by atoms with E-state index < -0.39 is 0 Å². The molecule has 0 radical (unpaired) electrons. The Kier molecular flexibility index (Phi) is 5.34. The fourth-order valence-corrected chi connectivity index (χ4v) is 3.37. The number of rotatable bonds is 6. The van der Waals surface area contributed by atoms with E-state index in [4.69, 9.17) is 0 Å². The summed E-state index contributed by atoms with van der Waals surface area (Å²) >= 11 is 0. The maximum atomic E-state index is 12.4. The van der Waals surface area contributed by atoms with Crippen LogP contribution in [0, 0.1) is 19.8 Å². The molecule has 1 aromatic carbocycles. The second kappa shape index (κ2) is 7.66. The molecule has 0 saturated carbocycles. The van der Waals surface area contributed by atoms with Crippen molar-refractivity contribution in [2.45, 2.75) is 26.8 Å². The Morgan fingerprint density at radius 1 is 1.44 bits per heavy atom. The van der Waals surface area contributed by atoms with E-state index in [-0.39, 0.29) is 5.91 Å². The molecular formula is C20H26N4O. The Morgan fingerprint density at radius 3 is 3.04 bits per heavy atom. The lowest BCUT2D eigenvalue weighted by Gasteiger charge is -2.16. The van der Waals surface area contributed by atoms with Crippen molar-refractivity contribution in [3.8, 4) is 0 Å².